The molecule has 0 fully saturated rings. The van der Waals surface area contributed by atoms with Gasteiger partial charge in [-0.3, -0.25) is 9.10 Å². The van der Waals surface area contributed by atoms with Crippen LogP contribution < -0.4 is 9.21 Å². The number of carbonyl (C=O) groups excluding carboxylic acids is 1. The normalized spacial score (nSPS) is 17.5. The predicted octanol–water partition coefficient (Wildman–Crippen LogP) is 4.79. The van der Waals surface area contributed by atoms with E-state index in [2.05, 4.69) is 22.0 Å². The fraction of sp³-hybridized carbons (Fsp3) is 0.208. The molecule has 0 saturated heterocycles. The highest BCUT2D eigenvalue weighted by atomic mass is 79.9. The average molecular weight is 497 g/mol. The van der Waals surface area contributed by atoms with E-state index in [0.717, 1.165) is 27.7 Å². The Morgan fingerprint density at radius 3 is 2.48 bits per heavy atom. The second-order valence-corrected chi connectivity index (χ2v) is 10.7. The van der Waals surface area contributed by atoms with Crippen LogP contribution in [0.4, 0.5) is 11.4 Å². The molecule has 0 radical (unpaired) electrons. The number of benzene rings is 3. The first-order chi connectivity index (χ1) is 14.9. The summed E-state index contributed by atoms with van der Waals surface area (Å²) in [5.74, 6) is -0.0547. The fourth-order valence-corrected chi connectivity index (χ4v) is 6.67. The van der Waals surface area contributed by atoms with Crippen molar-refractivity contribution < 1.29 is 13.2 Å². The Balaban J connectivity index is 1.48. The number of hydrogen-bond donors (Lipinski definition) is 0. The van der Waals surface area contributed by atoms with Gasteiger partial charge in [-0.2, -0.15) is 0 Å². The summed E-state index contributed by atoms with van der Waals surface area (Å²) >= 11 is 3.49. The van der Waals surface area contributed by atoms with E-state index in [1.54, 1.807) is 47.4 Å². The molecule has 1 atom stereocenters. The van der Waals surface area contributed by atoms with Crippen LogP contribution in [-0.2, 0) is 22.9 Å². The Kier molecular flexibility index (Phi) is 4.90. The molecule has 0 N–H and O–H groups in total. The highest BCUT2D eigenvalue weighted by Crippen LogP contribution is 2.38. The molecule has 3 aromatic rings. The topological polar surface area (TPSA) is 57.7 Å². The van der Waals surface area contributed by atoms with Gasteiger partial charge in [-0.15, -0.1) is 0 Å². The van der Waals surface area contributed by atoms with Gasteiger partial charge in [0.05, 0.1) is 10.6 Å². The summed E-state index contributed by atoms with van der Waals surface area (Å²) < 4.78 is 29.0. The number of fused-ring (bicyclic) bond motifs is 2. The van der Waals surface area contributed by atoms with Crippen molar-refractivity contribution in [2.75, 3.05) is 15.7 Å². The number of nitrogens with zero attached hydrogens (tertiary/aromatic N) is 2. The minimum absolute atomic E-state index is 0.0547. The Hall–Kier alpha value is -2.64. The zero-order chi connectivity index (χ0) is 21.8. The summed E-state index contributed by atoms with van der Waals surface area (Å²) in [6, 6.07) is 19.6. The van der Waals surface area contributed by atoms with Gasteiger partial charge in [-0.05, 0) is 79.4 Å². The van der Waals surface area contributed by atoms with Crippen molar-refractivity contribution in [3.8, 4) is 0 Å². The molecule has 2 aliphatic heterocycles. The van der Waals surface area contributed by atoms with Crippen molar-refractivity contribution in [3.05, 3.63) is 87.9 Å². The van der Waals surface area contributed by atoms with E-state index in [0.29, 0.717) is 24.2 Å². The van der Waals surface area contributed by atoms with Crippen LogP contribution >= 0.6 is 15.9 Å². The van der Waals surface area contributed by atoms with Gasteiger partial charge in [-0.25, -0.2) is 8.42 Å². The lowest BCUT2D eigenvalue weighted by molar-refractivity contribution is 0.0989. The van der Waals surface area contributed by atoms with E-state index in [1.165, 1.54) is 4.31 Å². The monoisotopic (exact) mass is 496 g/mol. The molecule has 0 bridgehead atoms. The zero-order valence-electron chi connectivity index (χ0n) is 17.0. The summed E-state index contributed by atoms with van der Waals surface area (Å²) in [6.45, 7) is 2.54. The summed E-state index contributed by atoms with van der Waals surface area (Å²) in [5.41, 5.74) is 4.21. The summed E-state index contributed by atoms with van der Waals surface area (Å²) in [4.78, 5) is 15.3. The molecule has 0 spiro atoms. The van der Waals surface area contributed by atoms with Gasteiger partial charge in [0.1, 0.15) is 0 Å². The molecule has 2 heterocycles. The van der Waals surface area contributed by atoms with E-state index in [9.17, 15) is 13.2 Å². The molecule has 0 saturated carbocycles. The second kappa shape index (κ2) is 7.50. The number of carbonyl (C=O) groups is 1. The largest absolute Gasteiger partial charge is 0.308 e. The van der Waals surface area contributed by atoms with Crippen LogP contribution in [0, 0.1) is 0 Å². The molecule has 5 nitrogen and oxygen atoms in total. The standard InChI is InChI=1S/C24H21BrN2O3S/c1-16-13-19-14-18(24(28)26-12-11-17-15-20(25)8-10-22(17)26)7-9-23(19)27(16)31(29,30)21-5-3-2-4-6-21/h2-10,14-16H,11-13H2,1H3. The maximum absolute atomic E-state index is 13.3. The zero-order valence-corrected chi connectivity index (χ0v) is 19.4. The maximum atomic E-state index is 13.3. The maximum Gasteiger partial charge on any atom is 0.264 e. The number of hydrogen-bond acceptors (Lipinski definition) is 3. The molecule has 7 heteroatoms. The van der Waals surface area contributed by atoms with Crippen molar-refractivity contribution in [2.24, 2.45) is 0 Å². The lowest BCUT2D eigenvalue weighted by atomic mass is 10.1. The number of rotatable bonds is 3. The van der Waals surface area contributed by atoms with Crippen molar-refractivity contribution in [2.45, 2.75) is 30.7 Å². The van der Waals surface area contributed by atoms with Crippen LogP contribution in [0.1, 0.15) is 28.4 Å². The van der Waals surface area contributed by atoms with Crippen molar-refractivity contribution in [1.29, 1.82) is 0 Å². The minimum Gasteiger partial charge on any atom is -0.308 e. The van der Waals surface area contributed by atoms with Crippen LogP contribution in [0.15, 0.2) is 76.1 Å². The molecule has 0 aromatic heterocycles. The number of sulfonamides is 1. The summed E-state index contributed by atoms with van der Waals surface area (Å²) in [6.07, 6.45) is 1.40. The number of halogens is 1. The van der Waals surface area contributed by atoms with Gasteiger partial charge in [0.2, 0.25) is 0 Å². The number of anilines is 2. The SMILES string of the molecule is CC1Cc2cc(C(=O)N3CCc4cc(Br)ccc43)ccc2N1S(=O)(=O)c1ccccc1. The van der Waals surface area contributed by atoms with Crippen molar-refractivity contribution in [3.63, 3.8) is 0 Å². The third-order valence-corrected chi connectivity index (χ3v) is 8.40. The lowest BCUT2D eigenvalue weighted by Crippen LogP contribution is -2.35. The first-order valence-electron chi connectivity index (χ1n) is 10.2. The first-order valence-corrected chi connectivity index (χ1v) is 12.4. The van der Waals surface area contributed by atoms with E-state index in [1.807, 2.05) is 25.1 Å². The molecule has 5 rings (SSSR count). The molecule has 2 aliphatic rings. The molecular weight excluding hydrogens is 476 g/mol. The van der Waals surface area contributed by atoms with Gasteiger partial charge in [0.15, 0.2) is 0 Å². The van der Waals surface area contributed by atoms with Gasteiger partial charge >= 0.3 is 0 Å². The number of amides is 1. The molecular formula is C24H21BrN2O3S. The van der Waals surface area contributed by atoms with E-state index >= 15 is 0 Å². The van der Waals surface area contributed by atoms with Gasteiger partial charge in [0, 0.05) is 28.3 Å². The molecule has 0 aliphatic carbocycles. The van der Waals surface area contributed by atoms with E-state index in [4.69, 9.17) is 0 Å². The van der Waals surface area contributed by atoms with Crippen LogP contribution in [0.25, 0.3) is 0 Å². The molecule has 158 valence electrons. The molecule has 31 heavy (non-hydrogen) atoms. The van der Waals surface area contributed by atoms with E-state index < -0.39 is 10.0 Å². The quantitative estimate of drug-likeness (QED) is 0.523. The van der Waals surface area contributed by atoms with Crippen LogP contribution in [0.2, 0.25) is 0 Å². The third-order valence-electron chi connectivity index (χ3n) is 5.96. The van der Waals surface area contributed by atoms with E-state index in [-0.39, 0.29) is 16.8 Å². The second-order valence-electron chi connectivity index (χ2n) is 7.99. The lowest BCUT2D eigenvalue weighted by Gasteiger charge is -2.24. The van der Waals surface area contributed by atoms with Crippen molar-refractivity contribution in [1.82, 2.24) is 0 Å². The van der Waals surface area contributed by atoms with Crippen molar-refractivity contribution >= 4 is 43.2 Å². The smallest absolute Gasteiger partial charge is 0.264 e. The summed E-state index contributed by atoms with van der Waals surface area (Å²) in [5, 5.41) is 0. The van der Waals surface area contributed by atoms with Crippen LogP contribution in [0.3, 0.4) is 0 Å². The summed E-state index contributed by atoms with van der Waals surface area (Å²) in [7, 11) is -3.66. The van der Waals surface area contributed by atoms with Gasteiger partial charge in [0.25, 0.3) is 15.9 Å². The first kappa shape index (κ1) is 20.3. The average Bonchev–Trinajstić information content (AvgIpc) is 3.33. The van der Waals surface area contributed by atoms with Gasteiger partial charge < -0.3 is 4.90 Å². The fourth-order valence-electron chi connectivity index (χ4n) is 4.55. The molecule has 1 amide bonds. The highest BCUT2D eigenvalue weighted by molar-refractivity contribution is 9.10. The van der Waals surface area contributed by atoms with Crippen LogP contribution in [0.5, 0.6) is 0 Å². The minimum atomic E-state index is -3.66. The van der Waals surface area contributed by atoms with Crippen LogP contribution in [-0.4, -0.2) is 26.9 Å². The third kappa shape index (κ3) is 3.36. The Morgan fingerprint density at radius 2 is 1.71 bits per heavy atom. The molecule has 1 unspecified atom stereocenters. The Labute approximate surface area is 190 Å². The highest BCUT2D eigenvalue weighted by Gasteiger charge is 2.37. The predicted molar refractivity (Wildman–Crippen MR) is 125 cm³/mol. The Bertz CT molecular complexity index is 1290. The molecule has 3 aromatic carbocycles. The Morgan fingerprint density at radius 1 is 0.968 bits per heavy atom. The van der Waals surface area contributed by atoms with Gasteiger partial charge in [-0.1, -0.05) is 34.1 Å².